The first-order valence-electron chi connectivity index (χ1n) is 5.52. The van der Waals surface area contributed by atoms with Crippen LogP contribution in [0.5, 0.6) is 0 Å². The van der Waals surface area contributed by atoms with Gasteiger partial charge in [0.05, 0.1) is 0 Å². The van der Waals surface area contributed by atoms with Gasteiger partial charge in [0.25, 0.3) is 5.56 Å². The standard InChI is InChI=1S/C9H12F3N3O5S/c10-9(11,12)5-20-3-1-2-15-4-6(21(13,18)19)7(16)14-8(15)17/h4H,1-3,5H2,(H2,13,18,19)(H,14,16,17). The lowest BCUT2D eigenvalue weighted by atomic mass is 10.4. The molecule has 0 amide bonds. The van der Waals surface area contributed by atoms with Gasteiger partial charge in [0, 0.05) is 19.3 Å². The Morgan fingerprint density at radius 1 is 1.33 bits per heavy atom. The number of nitrogens with one attached hydrogen (secondary N) is 1. The number of hydrogen-bond acceptors (Lipinski definition) is 5. The number of hydrogen-bond donors (Lipinski definition) is 2. The second-order valence-electron chi connectivity index (χ2n) is 4.01. The van der Waals surface area contributed by atoms with E-state index in [4.69, 9.17) is 5.14 Å². The number of aromatic nitrogens is 2. The Hall–Kier alpha value is -1.66. The summed E-state index contributed by atoms with van der Waals surface area (Å²) in [7, 11) is -4.31. The molecular weight excluding hydrogens is 319 g/mol. The summed E-state index contributed by atoms with van der Waals surface area (Å²) in [6, 6.07) is 0. The Kier molecular flexibility index (Phi) is 5.31. The highest BCUT2D eigenvalue weighted by molar-refractivity contribution is 7.89. The maximum Gasteiger partial charge on any atom is 0.411 e. The number of halogens is 3. The zero-order valence-corrected chi connectivity index (χ0v) is 11.3. The van der Waals surface area contributed by atoms with E-state index in [2.05, 4.69) is 4.74 Å². The summed E-state index contributed by atoms with van der Waals surface area (Å²) in [5.74, 6) is 0. The number of sulfonamides is 1. The van der Waals surface area contributed by atoms with Gasteiger partial charge in [0.15, 0.2) is 4.90 Å². The zero-order valence-electron chi connectivity index (χ0n) is 10.5. The van der Waals surface area contributed by atoms with Crippen molar-refractivity contribution in [3.05, 3.63) is 27.0 Å². The van der Waals surface area contributed by atoms with Crippen LogP contribution in [-0.4, -0.2) is 37.4 Å². The molecule has 0 bridgehead atoms. The maximum atomic E-state index is 11.8. The monoisotopic (exact) mass is 331 g/mol. The third-order valence-electron chi connectivity index (χ3n) is 2.24. The molecule has 0 saturated heterocycles. The van der Waals surface area contributed by atoms with Crippen LogP contribution in [0.15, 0.2) is 20.7 Å². The third-order valence-corrected chi connectivity index (χ3v) is 3.14. The van der Waals surface area contributed by atoms with Gasteiger partial charge in [-0.25, -0.2) is 18.4 Å². The molecule has 1 aromatic heterocycles. The van der Waals surface area contributed by atoms with Crippen molar-refractivity contribution in [2.75, 3.05) is 13.2 Å². The second-order valence-corrected chi connectivity index (χ2v) is 5.54. The van der Waals surface area contributed by atoms with Crippen LogP contribution in [0.1, 0.15) is 6.42 Å². The second kappa shape index (κ2) is 6.41. The predicted molar refractivity (Wildman–Crippen MR) is 64.2 cm³/mol. The molecule has 0 spiro atoms. The van der Waals surface area contributed by atoms with E-state index in [1.165, 1.54) is 0 Å². The summed E-state index contributed by atoms with van der Waals surface area (Å²) in [5.41, 5.74) is -2.06. The molecular formula is C9H12F3N3O5S. The van der Waals surface area contributed by atoms with Crippen LogP contribution in [0.25, 0.3) is 0 Å². The average molecular weight is 331 g/mol. The molecule has 0 aliphatic heterocycles. The lowest BCUT2D eigenvalue weighted by Crippen LogP contribution is -2.34. The van der Waals surface area contributed by atoms with E-state index < -0.39 is 39.0 Å². The van der Waals surface area contributed by atoms with Gasteiger partial charge in [-0.05, 0) is 6.42 Å². The molecule has 21 heavy (non-hydrogen) atoms. The van der Waals surface area contributed by atoms with Crippen LogP contribution in [0.4, 0.5) is 13.2 Å². The van der Waals surface area contributed by atoms with Crippen LogP contribution < -0.4 is 16.4 Å². The molecule has 1 heterocycles. The Labute approximate surface area is 116 Å². The minimum absolute atomic E-state index is 0.00604. The molecule has 0 saturated carbocycles. The average Bonchev–Trinajstić information content (AvgIpc) is 2.28. The molecule has 1 rings (SSSR count). The maximum absolute atomic E-state index is 11.8. The fraction of sp³-hybridized carbons (Fsp3) is 0.556. The highest BCUT2D eigenvalue weighted by Gasteiger charge is 2.27. The van der Waals surface area contributed by atoms with Crippen molar-refractivity contribution in [2.45, 2.75) is 24.0 Å². The number of nitrogens with two attached hydrogens (primary N) is 1. The highest BCUT2D eigenvalue weighted by atomic mass is 32.2. The van der Waals surface area contributed by atoms with E-state index in [0.717, 1.165) is 10.8 Å². The number of ether oxygens (including phenoxy) is 1. The van der Waals surface area contributed by atoms with E-state index in [1.54, 1.807) is 4.98 Å². The molecule has 8 nitrogen and oxygen atoms in total. The van der Waals surface area contributed by atoms with Gasteiger partial charge in [-0.3, -0.25) is 14.3 Å². The topological polar surface area (TPSA) is 124 Å². The van der Waals surface area contributed by atoms with Crippen molar-refractivity contribution in [1.29, 1.82) is 0 Å². The molecule has 1 aromatic rings. The fourth-order valence-electron chi connectivity index (χ4n) is 1.38. The molecule has 0 radical (unpaired) electrons. The third kappa shape index (κ3) is 5.69. The Balaban J connectivity index is 2.73. The first-order valence-corrected chi connectivity index (χ1v) is 7.06. The summed E-state index contributed by atoms with van der Waals surface area (Å²) in [6.45, 7) is -1.86. The van der Waals surface area contributed by atoms with Crippen LogP contribution in [0, 0.1) is 0 Å². The number of primary sulfonamides is 1. The van der Waals surface area contributed by atoms with E-state index >= 15 is 0 Å². The van der Waals surface area contributed by atoms with Crippen molar-refractivity contribution in [3.63, 3.8) is 0 Å². The lowest BCUT2D eigenvalue weighted by Gasteiger charge is -2.09. The van der Waals surface area contributed by atoms with Crippen molar-refractivity contribution >= 4 is 10.0 Å². The molecule has 0 unspecified atom stereocenters. The van der Waals surface area contributed by atoms with Gasteiger partial charge >= 0.3 is 11.9 Å². The van der Waals surface area contributed by atoms with E-state index in [1.807, 2.05) is 0 Å². The van der Waals surface area contributed by atoms with Crippen LogP contribution in [-0.2, 0) is 21.3 Å². The van der Waals surface area contributed by atoms with Crippen LogP contribution in [0.2, 0.25) is 0 Å². The molecule has 0 fully saturated rings. The van der Waals surface area contributed by atoms with Gasteiger partial charge in [0.1, 0.15) is 6.61 Å². The van der Waals surface area contributed by atoms with Crippen molar-refractivity contribution in [1.82, 2.24) is 9.55 Å². The molecule has 0 aromatic carbocycles. The summed E-state index contributed by atoms with van der Waals surface area (Å²) in [5, 5.41) is 4.79. The highest BCUT2D eigenvalue weighted by Crippen LogP contribution is 2.14. The van der Waals surface area contributed by atoms with E-state index in [9.17, 15) is 31.2 Å². The number of aryl methyl sites for hydroxylation is 1. The molecule has 0 atom stereocenters. The van der Waals surface area contributed by atoms with E-state index in [-0.39, 0.29) is 19.6 Å². The van der Waals surface area contributed by atoms with Crippen molar-refractivity contribution in [3.8, 4) is 0 Å². The summed E-state index contributed by atoms with van der Waals surface area (Å²) in [6.07, 6.45) is -3.71. The summed E-state index contributed by atoms with van der Waals surface area (Å²) < 4.78 is 62.7. The van der Waals surface area contributed by atoms with E-state index in [0.29, 0.717) is 0 Å². The lowest BCUT2D eigenvalue weighted by molar-refractivity contribution is -0.174. The minimum Gasteiger partial charge on any atom is -0.372 e. The molecule has 0 aliphatic rings. The molecule has 12 heteroatoms. The Morgan fingerprint density at radius 3 is 2.48 bits per heavy atom. The minimum atomic E-state index is -4.45. The van der Waals surface area contributed by atoms with Gasteiger partial charge < -0.3 is 4.74 Å². The SMILES string of the molecule is NS(=O)(=O)c1cn(CCCOCC(F)(F)F)c(=O)[nH]c1=O. The molecule has 0 aliphatic carbocycles. The number of aromatic amines is 1. The number of H-pyrrole nitrogens is 1. The first kappa shape index (κ1) is 17.4. The Morgan fingerprint density at radius 2 is 1.95 bits per heavy atom. The molecule has 3 N–H and O–H groups in total. The van der Waals surface area contributed by atoms with Gasteiger partial charge in [0.2, 0.25) is 10.0 Å². The number of rotatable bonds is 6. The largest absolute Gasteiger partial charge is 0.411 e. The number of alkyl halides is 3. The first-order chi connectivity index (χ1) is 9.50. The Bertz CT molecular complexity index is 707. The van der Waals surface area contributed by atoms with Crippen molar-refractivity contribution in [2.24, 2.45) is 5.14 Å². The predicted octanol–water partition coefficient (Wildman–Crippen LogP) is -0.847. The smallest absolute Gasteiger partial charge is 0.372 e. The van der Waals surface area contributed by atoms with Gasteiger partial charge in [-0.2, -0.15) is 13.2 Å². The molecule has 120 valence electrons. The normalized spacial score (nSPS) is 12.6. The quantitative estimate of drug-likeness (QED) is 0.657. The van der Waals surface area contributed by atoms with Crippen LogP contribution >= 0.6 is 0 Å². The fourth-order valence-corrected chi connectivity index (χ4v) is 1.97. The van der Waals surface area contributed by atoms with Crippen molar-refractivity contribution < 1.29 is 26.3 Å². The summed E-state index contributed by atoms with van der Waals surface area (Å²) in [4.78, 5) is 23.6. The van der Waals surface area contributed by atoms with Crippen LogP contribution in [0.3, 0.4) is 0 Å². The summed E-state index contributed by atoms with van der Waals surface area (Å²) >= 11 is 0. The van der Waals surface area contributed by atoms with Gasteiger partial charge in [-0.1, -0.05) is 0 Å². The zero-order chi connectivity index (χ0) is 16.3. The number of nitrogens with zero attached hydrogens (tertiary/aromatic N) is 1. The van der Waals surface area contributed by atoms with Gasteiger partial charge in [-0.15, -0.1) is 0 Å².